The lowest BCUT2D eigenvalue weighted by Gasteiger charge is -2.07. The topological polar surface area (TPSA) is 66.4 Å². The van der Waals surface area contributed by atoms with E-state index in [2.05, 4.69) is 4.72 Å². The number of allylic oxidation sites excluding steroid dienone is 5. The minimum absolute atomic E-state index is 0.0550. The quantitative estimate of drug-likeness (QED) is 0.601. The van der Waals surface area contributed by atoms with Gasteiger partial charge in [-0.25, -0.2) is 8.93 Å². The standard InChI is InChI=1S/C16H19NO3S/c1-3-5-14(6-4-11-21(20)17-9-10-18)16-8-7-15(19)12-13(16)2/h3-8,10-12,17,19H,9H2,1-2H3/b5-3-,11-4+,14-6+. The largest absolute Gasteiger partial charge is 0.508 e. The molecule has 21 heavy (non-hydrogen) atoms. The van der Waals surface area contributed by atoms with Crippen LogP contribution < -0.4 is 4.72 Å². The third-order valence-corrected chi connectivity index (χ3v) is 3.51. The maximum Gasteiger partial charge on any atom is 0.134 e. The van der Waals surface area contributed by atoms with E-state index >= 15 is 0 Å². The number of phenols is 1. The molecule has 5 heteroatoms. The van der Waals surface area contributed by atoms with Crippen molar-refractivity contribution in [1.29, 1.82) is 0 Å². The van der Waals surface area contributed by atoms with Crippen molar-refractivity contribution >= 4 is 22.8 Å². The molecule has 0 saturated carbocycles. The van der Waals surface area contributed by atoms with E-state index in [-0.39, 0.29) is 12.3 Å². The Hall–Kier alpha value is -1.98. The number of hydrogen-bond donors (Lipinski definition) is 2. The zero-order chi connectivity index (χ0) is 15.7. The van der Waals surface area contributed by atoms with Gasteiger partial charge in [0.05, 0.1) is 6.54 Å². The van der Waals surface area contributed by atoms with Crippen molar-refractivity contribution in [2.75, 3.05) is 6.54 Å². The third kappa shape index (κ3) is 5.89. The van der Waals surface area contributed by atoms with Crippen molar-refractivity contribution in [3.05, 3.63) is 59.0 Å². The Labute approximate surface area is 127 Å². The second-order valence-corrected chi connectivity index (χ2v) is 5.42. The molecule has 4 nitrogen and oxygen atoms in total. The van der Waals surface area contributed by atoms with E-state index in [9.17, 15) is 14.1 Å². The second-order valence-electron chi connectivity index (χ2n) is 4.26. The first kappa shape index (κ1) is 17.1. The first-order chi connectivity index (χ1) is 10.1. The fourth-order valence-corrected chi connectivity index (χ4v) is 2.31. The summed E-state index contributed by atoms with van der Waals surface area (Å²) in [5, 5.41) is 10.9. The van der Waals surface area contributed by atoms with Gasteiger partial charge < -0.3 is 9.90 Å². The molecule has 0 amide bonds. The lowest BCUT2D eigenvalue weighted by molar-refractivity contribution is -0.106. The molecule has 1 unspecified atom stereocenters. The maximum absolute atomic E-state index is 11.5. The number of benzene rings is 1. The smallest absolute Gasteiger partial charge is 0.134 e. The van der Waals surface area contributed by atoms with Gasteiger partial charge in [0.25, 0.3) is 0 Å². The van der Waals surface area contributed by atoms with Crippen LogP contribution in [0.15, 0.2) is 47.9 Å². The molecule has 0 aliphatic rings. The summed E-state index contributed by atoms with van der Waals surface area (Å²) in [6.07, 6.45) is 8.01. The Morgan fingerprint density at radius 1 is 1.43 bits per heavy atom. The molecule has 0 spiro atoms. The number of aromatic hydroxyl groups is 1. The van der Waals surface area contributed by atoms with Crippen LogP contribution in [-0.2, 0) is 15.8 Å². The number of carbonyl (C=O) groups is 1. The van der Waals surface area contributed by atoms with Crippen LogP contribution in [0.4, 0.5) is 0 Å². The fourth-order valence-electron chi connectivity index (χ4n) is 1.76. The van der Waals surface area contributed by atoms with Gasteiger partial charge in [-0.2, -0.15) is 0 Å². The molecule has 0 aromatic heterocycles. The van der Waals surface area contributed by atoms with Gasteiger partial charge in [-0.1, -0.05) is 30.4 Å². The van der Waals surface area contributed by atoms with Crippen LogP contribution in [0, 0.1) is 6.92 Å². The molecule has 2 N–H and O–H groups in total. The second kappa shape index (κ2) is 9.05. The van der Waals surface area contributed by atoms with Gasteiger partial charge >= 0.3 is 0 Å². The van der Waals surface area contributed by atoms with Crippen molar-refractivity contribution in [2.45, 2.75) is 13.8 Å². The Morgan fingerprint density at radius 2 is 2.19 bits per heavy atom. The molecule has 1 rings (SSSR count). The number of nitrogens with one attached hydrogen (secondary N) is 1. The van der Waals surface area contributed by atoms with Crippen LogP contribution in [0.5, 0.6) is 5.75 Å². The predicted molar refractivity (Wildman–Crippen MR) is 87.0 cm³/mol. The van der Waals surface area contributed by atoms with E-state index in [1.54, 1.807) is 18.2 Å². The lowest BCUT2D eigenvalue weighted by Crippen LogP contribution is -2.16. The SMILES string of the molecule is C\C=C/C(=C\C=C\S(=O)NCC=O)c1ccc(O)cc1C. The van der Waals surface area contributed by atoms with E-state index in [0.29, 0.717) is 6.29 Å². The number of phenolic OH excluding ortho intramolecular Hbond substituents is 1. The van der Waals surface area contributed by atoms with Gasteiger partial charge in [-0.3, -0.25) is 0 Å². The number of rotatable bonds is 7. The highest BCUT2D eigenvalue weighted by Gasteiger charge is 2.02. The highest BCUT2D eigenvalue weighted by Crippen LogP contribution is 2.23. The Kier molecular flexibility index (Phi) is 7.36. The molecular formula is C16H19NO3S. The molecular weight excluding hydrogens is 286 g/mol. The maximum atomic E-state index is 11.5. The van der Waals surface area contributed by atoms with Gasteiger partial charge in [0.2, 0.25) is 0 Å². The summed E-state index contributed by atoms with van der Waals surface area (Å²) < 4.78 is 14.0. The van der Waals surface area contributed by atoms with Gasteiger partial charge in [-0.15, -0.1) is 0 Å². The molecule has 1 aromatic rings. The van der Waals surface area contributed by atoms with Crippen molar-refractivity contribution in [3.8, 4) is 5.75 Å². The first-order valence-electron chi connectivity index (χ1n) is 6.47. The van der Waals surface area contributed by atoms with E-state index in [4.69, 9.17) is 0 Å². The van der Waals surface area contributed by atoms with Crippen molar-refractivity contribution in [2.24, 2.45) is 0 Å². The first-order valence-corrected chi connectivity index (χ1v) is 7.68. The highest BCUT2D eigenvalue weighted by molar-refractivity contribution is 7.86. The average molecular weight is 305 g/mol. The van der Waals surface area contributed by atoms with Gasteiger partial charge in [0.15, 0.2) is 0 Å². The van der Waals surface area contributed by atoms with Crippen molar-refractivity contribution < 1.29 is 14.1 Å². The van der Waals surface area contributed by atoms with Crippen LogP contribution in [0.3, 0.4) is 0 Å². The average Bonchev–Trinajstić information content (AvgIpc) is 2.44. The zero-order valence-electron chi connectivity index (χ0n) is 12.1. The summed E-state index contributed by atoms with van der Waals surface area (Å²) in [5.74, 6) is 0.228. The number of hydrogen-bond acceptors (Lipinski definition) is 3. The van der Waals surface area contributed by atoms with Gasteiger partial charge in [0, 0.05) is 5.41 Å². The monoisotopic (exact) mass is 305 g/mol. The van der Waals surface area contributed by atoms with Gasteiger partial charge in [0.1, 0.15) is 23.0 Å². The molecule has 0 aliphatic carbocycles. The summed E-state index contributed by atoms with van der Waals surface area (Å²) in [5.41, 5.74) is 2.88. The third-order valence-electron chi connectivity index (χ3n) is 2.65. The molecule has 1 aromatic carbocycles. The number of carbonyl (C=O) groups excluding carboxylic acids is 1. The number of aryl methyl sites for hydroxylation is 1. The van der Waals surface area contributed by atoms with Crippen LogP contribution in [0.1, 0.15) is 18.1 Å². The predicted octanol–water partition coefficient (Wildman–Crippen LogP) is 2.63. The van der Waals surface area contributed by atoms with E-state index in [1.807, 2.05) is 38.1 Å². The number of aldehydes is 1. The van der Waals surface area contributed by atoms with Crippen molar-refractivity contribution in [1.82, 2.24) is 4.72 Å². The fraction of sp³-hybridized carbons (Fsp3) is 0.188. The summed E-state index contributed by atoms with van der Waals surface area (Å²) in [7, 11) is -1.38. The van der Waals surface area contributed by atoms with Gasteiger partial charge in [-0.05, 0) is 42.7 Å². The minimum atomic E-state index is -1.38. The highest BCUT2D eigenvalue weighted by atomic mass is 32.2. The zero-order valence-corrected chi connectivity index (χ0v) is 12.9. The Morgan fingerprint density at radius 3 is 2.81 bits per heavy atom. The Balaban J connectivity index is 2.96. The lowest BCUT2D eigenvalue weighted by atomic mass is 9.99. The van der Waals surface area contributed by atoms with E-state index in [0.717, 1.165) is 16.7 Å². The van der Waals surface area contributed by atoms with Crippen LogP contribution in [0.2, 0.25) is 0 Å². The normalized spacial score (nSPS) is 13.9. The molecule has 0 bridgehead atoms. The van der Waals surface area contributed by atoms with Crippen molar-refractivity contribution in [3.63, 3.8) is 0 Å². The van der Waals surface area contributed by atoms with E-state index < -0.39 is 11.0 Å². The molecule has 0 heterocycles. The molecule has 1 atom stereocenters. The molecule has 0 aliphatic heterocycles. The molecule has 0 fully saturated rings. The summed E-state index contributed by atoms with van der Waals surface area (Å²) in [6.45, 7) is 3.89. The van der Waals surface area contributed by atoms with Crippen LogP contribution in [0.25, 0.3) is 5.57 Å². The summed E-state index contributed by atoms with van der Waals surface area (Å²) in [4.78, 5) is 10.2. The van der Waals surface area contributed by atoms with Crippen LogP contribution in [-0.4, -0.2) is 22.1 Å². The summed E-state index contributed by atoms with van der Waals surface area (Å²) in [6, 6.07) is 5.17. The van der Waals surface area contributed by atoms with E-state index in [1.165, 1.54) is 5.41 Å². The van der Waals surface area contributed by atoms with Crippen LogP contribution >= 0.6 is 0 Å². The summed E-state index contributed by atoms with van der Waals surface area (Å²) >= 11 is 0. The Bertz CT molecular complexity index is 604. The molecule has 112 valence electrons. The molecule has 0 radical (unpaired) electrons. The minimum Gasteiger partial charge on any atom is -0.508 e. The molecule has 0 saturated heterocycles.